The van der Waals surface area contributed by atoms with Crippen molar-refractivity contribution in [1.82, 2.24) is 30.5 Å². The molecule has 208 valence electrons. The number of hydrogen-bond donors (Lipinski definition) is 6. The molecule has 7 N–H and O–H groups in total. The normalized spacial score (nSPS) is 19.4. The number of carboxylic acids is 2. The fourth-order valence-electron chi connectivity index (χ4n) is 3.60. The van der Waals surface area contributed by atoms with Crippen molar-refractivity contribution in [2.24, 2.45) is 5.16 Å². The summed E-state index contributed by atoms with van der Waals surface area (Å²) in [5, 5.41) is 29.1. The lowest BCUT2D eigenvalue weighted by Crippen LogP contribution is -2.71. The van der Waals surface area contributed by atoms with Gasteiger partial charge in [-0.15, -0.1) is 23.1 Å². The molecule has 0 radical (unpaired) electrons. The van der Waals surface area contributed by atoms with Crippen LogP contribution in [-0.2, 0) is 30.6 Å². The van der Waals surface area contributed by atoms with Crippen LogP contribution in [0.2, 0.25) is 0 Å². The number of nitrogens with two attached hydrogens (primary N) is 1. The van der Waals surface area contributed by atoms with Crippen LogP contribution in [-0.4, -0.2) is 88.8 Å². The summed E-state index contributed by atoms with van der Waals surface area (Å²) in [4.78, 5) is 65.6. The van der Waals surface area contributed by atoms with Gasteiger partial charge < -0.3 is 36.4 Å². The van der Waals surface area contributed by atoms with Gasteiger partial charge in [0.2, 0.25) is 5.60 Å². The predicted molar refractivity (Wildman–Crippen MR) is 136 cm³/mol. The number of aromatic nitrogens is 3. The number of nitrogen functional groups attached to an aromatic ring is 1. The van der Waals surface area contributed by atoms with Crippen LogP contribution in [0.3, 0.4) is 0 Å². The second kappa shape index (κ2) is 11.0. The van der Waals surface area contributed by atoms with Gasteiger partial charge in [-0.1, -0.05) is 5.16 Å². The number of aliphatic carboxylic acids is 2. The molecule has 15 nitrogen and oxygen atoms in total. The summed E-state index contributed by atoms with van der Waals surface area (Å²) >= 11 is 2.26. The lowest BCUT2D eigenvalue weighted by molar-refractivity contribution is -0.161. The smallest absolute Gasteiger partial charge is 0.352 e. The zero-order valence-electron chi connectivity index (χ0n) is 20.4. The van der Waals surface area contributed by atoms with Crippen LogP contribution in [0.4, 0.5) is 9.52 Å². The van der Waals surface area contributed by atoms with Crippen LogP contribution in [0.25, 0.3) is 0 Å². The van der Waals surface area contributed by atoms with Gasteiger partial charge >= 0.3 is 11.9 Å². The molecule has 2 aromatic heterocycles. The molecule has 4 rings (SSSR count). The van der Waals surface area contributed by atoms with E-state index in [2.05, 4.69) is 30.7 Å². The molecule has 0 bridgehead atoms. The number of anilines is 1. The highest BCUT2D eigenvalue weighted by atomic mass is 32.2. The fraction of sp³-hybridized carbons (Fsp3) is 0.381. The lowest BCUT2D eigenvalue weighted by Gasteiger charge is -2.49. The average Bonchev–Trinajstić information content (AvgIpc) is 3.49. The van der Waals surface area contributed by atoms with Gasteiger partial charge in [0.15, 0.2) is 10.8 Å². The fourth-order valence-corrected chi connectivity index (χ4v) is 5.49. The molecule has 1 fully saturated rings. The monoisotopic (exact) mass is 582 g/mol. The summed E-state index contributed by atoms with van der Waals surface area (Å²) in [5.41, 5.74) is 4.18. The molecular weight excluding hydrogens is 559 g/mol. The summed E-state index contributed by atoms with van der Waals surface area (Å²) in [5.74, 6) is -3.95. The van der Waals surface area contributed by atoms with Crippen molar-refractivity contribution >= 4 is 57.7 Å². The number of hydrogen-bond acceptors (Lipinski definition) is 12. The van der Waals surface area contributed by atoms with Gasteiger partial charge in [-0.25, -0.2) is 19.6 Å². The third-order valence-corrected chi connectivity index (χ3v) is 7.66. The van der Waals surface area contributed by atoms with E-state index in [9.17, 15) is 33.8 Å². The standard InChI is InChI=1S/C21H23FN8O7S2/c1-21(2,18(35)36)37-29-11(10-7-39-20(23)27-10)14(31)28-12-15(32)30-13(17(33)34)8(6-38-16(12)30)3-24-4-9-5-25-19(22)26-9/h5,7,12,16,24H,3-4,6H2,1-2H3,(H2,23,27)(H,25,26)(H,28,31)(H,33,34)(H,35,36)/b29-11-/t12?,16-/m1/s1. The molecule has 2 amide bonds. The van der Waals surface area contributed by atoms with Crippen molar-refractivity contribution in [1.29, 1.82) is 0 Å². The Balaban J connectivity index is 1.48. The molecule has 2 aliphatic heterocycles. The molecule has 0 aliphatic carbocycles. The SMILES string of the molecule is CC(C)(O/N=C(\C(=O)NC1C(=O)N2C(C(=O)O)=C(CNCc3cnc(F)[nH]3)CS[C@H]12)c1csc(N)n1)C(=O)O. The van der Waals surface area contributed by atoms with Crippen LogP contribution in [0.5, 0.6) is 0 Å². The van der Waals surface area contributed by atoms with Gasteiger partial charge in [-0.3, -0.25) is 14.5 Å². The van der Waals surface area contributed by atoms with E-state index in [0.29, 0.717) is 11.3 Å². The summed E-state index contributed by atoms with van der Waals surface area (Å²) < 4.78 is 13.0. The topological polar surface area (TPSA) is 225 Å². The summed E-state index contributed by atoms with van der Waals surface area (Å²) in [6.45, 7) is 2.77. The number of imidazole rings is 1. The average molecular weight is 583 g/mol. The number of nitrogens with zero attached hydrogens (tertiary/aromatic N) is 4. The maximum atomic E-state index is 13.1. The van der Waals surface area contributed by atoms with Crippen molar-refractivity contribution < 1.29 is 38.6 Å². The molecule has 0 saturated carbocycles. The van der Waals surface area contributed by atoms with Crippen LogP contribution in [0, 0.1) is 6.08 Å². The number of H-pyrrole nitrogens is 1. The van der Waals surface area contributed by atoms with E-state index in [1.54, 1.807) is 0 Å². The van der Waals surface area contributed by atoms with E-state index < -0.39 is 52.6 Å². The van der Waals surface area contributed by atoms with Gasteiger partial charge in [-0.2, -0.15) is 4.39 Å². The van der Waals surface area contributed by atoms with E-state index >= 15 is 0 Å². The zero-order chi connectivity index (χ0) is 28.5. The third-order valence-electron chi connectivity index (χ3n) is 5.65. The predicted octanol–water partition coefficient (Wildman–Crippen LogP) is -0.300. The van der Waals surface area contributed by atoms with Gasteiger partial charge in [0.1, 0.15) is 22.8 Å². The van der Waals surface area contributed by atoms with Crippen LogP contribution in [0.15, 0.2) is 28.0 Å². The molecule has 4 heterocycles. The van der Waals surface area contributed by atoms with E-state index in [-0.39, 0.29) is 35.4 Å². The van der Waals surface area contributed by atoms with E-state index in [1.165, 1.54) is 37.2 Å². The molecular formula is C21H23FN8O7S2. The maximum Gasteiger partial charge on any atom is 0.352 e. The Kier molecular flexibility index (Phi) is 7.89. The number of rotatable bonds is 11. The number of aromatic amines is 1. The number of fused-ring (bicyclic) bond motifs is 1. The van der Waals surface area contributed by atoms with E-state index in [1.807, 2.05) is 0 Å². The van der Waals surface area contributed by atoms with Crippen molar-refractivity contribution in [3.05, 3.63) is 40.3 Å². The first-order chi connectivity index (χ1) is 18.4. The number of amides is 2. The number of carboxylic acid groups (broad SMARTS) is 2. The van der Waals surface area contributed by atoms with Gasteiger partial charge in [0.25, 0.3) is 17.9 Å². The Hall–Kier alpha value is -4.03. The minimum absolute atomic E-state index is 0.00717. The molecule has 0 spiro atoms. The third kappa shape index (κ3) is 5.86. The molecule has 2 aromatic rings. The highest BCUT2D eigenvalue weighted by Crippen LogP contribution is 2.40. The molecule has 2 aliphatic rings. The first-order valence-corrected chi connectivity index (χ1v) is 13.1. The highest BCUT2D eigenvalue weighted by Gasteiger charge is 2.54. The van der Waals surface area contributed by atoms with Gasteiger partial charge in [0.05, 0.1) is 11.9 Å². The molecule has 18 heteroatoms. The first kappa shape index (κ1) is 28.0. The molecule has 2 atom stereocenters. The molecule has 1 saturated heterocycles. The Morgan fingerprint density at radius 2 is 2.10 bits per heavy atom. The number of β-lactam (4-membered cyclic amide) rings is 1. The number of oxime groups is 1. The quantitative estimate of drug-likeness (QED) is 0.114. The second-order valence-electron chi connectivity index (χ2n) is 8.84. The van der Waals surface area contributed by atoms with E-state index in [0.717, 1.165) is 16.2 Å². The lowest BCUT2D eigenvalue weighted by atomic mass is 10.0. The maximum absolute atomic E-state index is 13.1. The Morgan fingerprint density at radius 1 is 1.36 bits per heavy atom. The number of thiazole rings is 1. The van der Waals surface area contributed by atoms with Crippen molar-refractivity contribution in [3.8, 4) is 0 Å². The number of thioether (sulfide) groups is 1. The van der Waals surface area contributed by atoms with Crippen molar-refractivity contribution in [3.63, 3.8) is 0 Å². The van der Waals surface area contributed by atoms with Crippen molar-refractivity contribution in [2.75, 3.05) is 18.0 Å². The van der Waals surface area contributed by atoms with Gasteiger partial charge in [-0.05, 0) is 19.4 Å². The summed E-state index contributed by atoms with van der Waals surface area (Å²) in [6, 6.07) is -1.09. The first-order valence-electron chi connectivity index (χ1n) is 11.2. The molecule has 1 unspecified atom stereocenters. The zero-order valence-corrected chi connectivity index (χ0v) is 22.1. The minimum Gasteiger partial charge on any atom is -0.478 e. The summed E-state index contributed by atoms with van der Waals surface area (Å²) in [7, 11) is 0. The van der Waals surface area contributed by atoms with Crippen LogP contribution in [0.1, 0.15) is 25.2 Å². The number of carbonyl (C=O) groups excluding carboxylic acids is 2. The van der Waals surface area contributed by atoms with Crippen LogP contribution >= 0.6 is 23.1 Å². The van der Waals surface area contributed by atoms with Crippen LogP contribution < -0.4 is 16.4 Å². The molecule has 0 aromatic carbocycles. The number of halogens is 1. The Bertz CT molecular complexity index is 1390. The van der Waals surface area contributed by atoms with Gasteiger partial charge in [0, 0.05) is 24.2 Å². The Labute approximate surface area is 227 Å². The summed E-state index contributed by atoms with van der Waals surface area (Å²) in [6.07, 6.45) is 0.564. The van der Waals surface area contributed by atoms with Crippen molar-refractivity contribution in [2.45, 2.75) is 37.4 Å². The Morgan fingerprint density at radius 3 is 2.69 bits per heavy atom. The minimum atomic E-state index is -1.77. The number of carbonyl (C=O) groups is 4. The van der Waals surface area contributed by atoms with E-state index in [4.69, 9.17) is 10.6 Å². The number of nitrogens with one attached hydrogen (secondary N) is 3. The molecule has 39 heavy (non-hydrogen) atoms. The highest BCUT2D eigenvalue weighted by molar-refractivity contribution is 8.00. The second-order valence-corrected chi connectivity index (χ2v) is 10.8. The largest absolute Gasteiger partial charge is 0.478 e.